The van der Waals surface area contributed by atoms with E-state index in [1.807, 2.05) is 6.07 Å². The van der Waals surface area contributed by atoms with Gasteiger partial charge in [-0.1, -0.05) is 115 Å². The highest BCUT2D eigenvalue weighted by Gasteiger charge is 2.21. The highest BCUT2D eigenvalue weighted by atomic mass is 32.1. The van der Waals surface area contributed by atoms with Crippen LogP contribution in [0.4, 0.5) is 0 Å². The zero-order valence-electron chi connectivity index (χ0n) is 27.4. The molecule has 11 aromatic rings. The van der Waals surface area contributed by atoms with Crippen LogP contribution in [-0.2, 0) is 0 Å². The SMILES string of the molecule is c1ccc(-c2nc(-c3ccc(-n4c5ccccc5c5ccc6c7ccccc7n(-c7ccccc7)c6c54)cc3)nc3c2sc2ccccc23)cc1. The summed E-state index contributed by atoms with van der Waals surface area (Å²) in [6.07, 6.45) is 0. The number of rotatable bonds is 4. The first-order valence-electron chi connectivity index (χ1n) is 17.2. The van der Waals surface area contributed by atoms with Crippen molar-refractivity contribution < 1.29 is 0 Å². The number of nitrogens with zero attached hydrogens (tertiary/aromatic N) is 4. The first kappa shape index (κ1) is 28.3. The van der Waals surface area contributed by atoms with Crippen LogP contribution in [0, 0.1) is 0 Å². The van der Waals surface area contributed by atoms with Gasteiger partial charge >= 0.3 is 0 Å². The summed E-state index contributed by atoms with van der Waals surface area (Å²) in [6, 6.07) is 60.6. The van der Waals surface area contributed by atoms with Crippen LogP contribution in [0.2, 0.25) is 0 Å². The van der Waals surface area contributed by atoms with Gasteiger partial charge in [0.05, 0.1) is 38.0 Å². The maximum absolute atomic E-state index is 5.23. The molecule has 7 aromatic carbocycles. The highest BCUT2D eigenvalue weighted by molar-refractivity contribution is 7.26. The van der Waals surface area contributed by atoms with Gasteiger partial charge in [0.25, 0.3) is 0 Å². The lowest BCUT2D eigenvalue weighted by atomic mass is 10.1. The van der Waals surface area contributed by atoms with E-state index in [0.29, 0.717) is 0 Å². The smallest absolute Gasteiger partial charge is 0.160 e. The molecule has 0 amide bonds. The summed E-state index contributed by atoms with van der Waals surface area (Å²) in [5, 5.41) is 6.11. The van der Waals surface area contributed by atoms with Crippen molar-refractivity contribution in [3.8, 4) is 34.0 Å². The third kappa shape index (κ3) is 4.19. The van der Waals surface area contributed by atoms with E-state index < -0.39 is 0 Å². The van der Waals surface area contributed by atoms with E-state index in [4.69, 9.17) is 9.97 Å². The zero-order chi connectivity index (χ0) is 33.5. The Morgan fingerprint density at radius 1 is 0.392 bits per heavy atom. The van der Waals surface area contributed by atoms with Gasteiger partial charge < -0.3 is 9.13 Å². The van der Waals surface area contributed by atoms with Crippen LogP contribution in [0.25, 0.3) is 97.9 Å². The van der Waals surface area contributed by atoms with Crippen molar-refractivity contribution >= 4 is 75.3 Å². The van der Waals surface area contributed by atoms with Crippen molar-refractivity contribution in [2.45, 2.75) is 0 Å². The fraction of sp³-hybridized carbons (Fsp3) is 0. The first-order chi connectivity index (χ1) is 25.3. The zero-order valence-corrected chi connectivity index (χ0v) is 28.2. The van der Waals surface area contributed by atoms with Crippen molar-refractivity contribution in [2.75, 3.05) is 0 Å². The van der Waals surface area contributed by atoms with Gasteiger partial charge in [0.2, 0.25) is 0 Å². The Bertz CT molecular complexity index is 3120. The molecule has 51 heavy (non-hydrogen) atoms. The second-order valence-electron chi connectivity index (χ2n) is 13.0. The summed E-state index contributed by atoms with van der Waals surface area (Å²) in [5.41, 5.74) is 11.0. The molecular weight excluding hydrogens is 641 g/mol. The largest absolute Gasteiger partial charge is 0.307 e. The van der Waals surface area contributed by atoms with Crippen molar-refractivity contribution in [1.29, 1.82) is 0 Å². The van der Waals surface area contributed by atoms with Gasteiger partial charge in [-0.05, 0) is 54.6 Å². The fourth-order valence-electron chi connectivity index (χ4n) is 7.89. The topological polar surface area (TPSA) is 35.6 Å². The number of para-hydroxylation sites is 3. The van der Waals surface area contributed by atoms with Crippen molar-refractivity contribution in [2.24, 2.45) is 0 Å². The van der Waals surface area contributed by atoms with E-state index in [1.165, 1.54) is 48.3 Å². The Morgan fingerprint density at radius 2 is 0.922 bits per heavy atom. The highest BCUT2D eigenvalue weighted by Crippen LogP contribution is 2.43. The quantitative estimate of drug-likeness (QED) is 0.187. The van der Waals surface area contributed by atoms with Crippen LogP contribution in [0.15, 0.2) is 170 Å². The van der Waals surface area contributed by atoms with E-state index in [1.54, 1.807) is 11.3 Å². The van der Waals surface area contributed by atoms with Gasteiger partial charge in [0.15, 0.2) is 5.82 Å². The molecule has 0 aliphatic rings. The van der Waals surface area contributed by atoms with Crippen LogP contribution in [0.3, 0.4) is 0 Å². The van der Waals surface area contributed by atoms with E-state index in [2.05, 4.69) is 173 Å². The number of benzene rings is 7. The van der Waals surface area contributed by atoms with Gasteiger partial charge in [0, 0.05) is 54.1 Å². The minimum atomic E-state index is 0.727. The summed E-state index contributed by atoms with van der Waals surface area (Å²) in [6.45, 7) is 0. The van der Waals surface area contributed by atoms with Crippen LogP contribution in [-0.4, -0.2) is 19.1 Å². The number of aromatic nitrogens is 4. The van der Waals surface area contributed by atoms with Crippen molar-refractivity contribution in [1.82, 2.24) is 19.1 Å². The maximum Gasteiger partial charge on any atom is 0.160 e. The van der Waals surface area contributed by atoms with Crippen LogP contribution in [0.5, 0.6) is 0 Å². The van der Waals surface area contributed by atoms with Crippen LogP contribution in [0.1, 0.15) is 0 Å². The number of hydrogen-bond donors (Lipinski definition) is 0. The molecule has 4 nitrogen and oxygen atoms in total. The fourth-order valence-corrected chi connectivity index (χ4v) is 9.04. The average Bonchev–Trinajstić information content (AvgIpc) is 3.86. The summed E-state index contributed by atoms with van der Waals surface area (Å²) in [5.74, 6) is 0.727. The molecule has 5 heteroatoms. The van der Waals surface area contributed by atoms with Gasteiger partial charge in [-0.25, -0.2) is 9.97 Å². The molecule has 0 spiro atoms. The summed E-state index contributed by atoms with van der Waals surface area (Å²) >= 11 is 1.76. The lowest BCUT2D eigenvalue weighted by Crippen LogP contribution is -1.99. The Balaban J connectivity index is 1.17. The Labute approximate surface area is 297 Å². The Kier molecular flexibility index (Phi) is 6.09. The molecule has 0 unspecified atom stereocenters. The summed E-state index contributed by atoms with van der Waals surface area (Å²) < 4.78 is 7.19. The standard InChI is InChI=1S/C46H28N4S/c1-3-13-29(14-4-1)41-45-42(37-19-9-12-22-40(37)51-45)48-46(47-41)30-23-25-32(26-24-30)50-39-21-11-8-18-34(39)36-28-27-35-33-17-7-10-20-38(33)49(43(35)44(36)50)31-15-5-2-6-16-31/h1-28H. The molecule has 0 aliphatic carbocycles. The lowest BCUT2D eigenvalue weighted by molar-refractivity contribution is 1.15. The van der Waals surface area contributed by atoms with E-state index in [9.17, 15) is 0 Å². The van der Waals surface area contributed by atoms with Crippen molar-refractivity contribution in [3.05, 3.63) is 170 Å². The molecule has 0 bridgehead atoms. The molecule has 11 rings (SSSR count). The molecular formula is C46H28N4S. The minimum absolute atomic E-state index is 0.727. The molecule has 4 aromatic heterocycles. The summed E-state index contributed by atoms with van der Waals surface area (Å²) in [4.78, 5) is 10.4. The third-order valence-electron chi connectivity index (χ3n) is 10.1. The maximum atomic E-state index is 5.23. The van der Waals surface area contributed by atoms with E-state index in [0.717, 1.165) is 49.6 Å². The third-order valence-corrected chi connectivity index (χ3v) is 11.3. The van der Waals surface area contributed by atoms with Crippen molar-refractivity contribution in [3.63, 3.8) is 0 Å². The van der Waals surface area contributed by atoms with Crippen LogP contribution >= 0.6 is 11.3 Å². The molecule has 0 aliphatic heterocycles. The Hall–Kier alpha value is -6.56. The molecule has 0 N–H and O–H groups in total. The van der Waals surface area contributed by atoms with Crippen LogP contribution < -0.4 is 0 Å². The van der Waals surface area contributed by atoms with E-state index >= 15 is 0 Å². The molecule has 0 saturated carbocycles. The average molecular weight is 669 g/mol. The van der Waals surface area contributed by atoms with Gasteiger partial charge in [-0.2, -0.15) is 0 Å². The number of thiophene rings is 1. The molecule has 0 saturated heterocycles. The number of hydrogen-bond acceptors (Lipinski definition) is 3. The minimum Gasteiger partial charge on any atom is -0.307 e. The Morgan fingerprint density at radius 3 is 1.57 bits per heavy atom. The molecule has 0 atom stereocenters. The molecule has 4 heterocycles. The van der Waals surface area contributed by atoms with Gasteiger partial charge in [-0.15, -0.1) is 11.3 Å². The normalized spacial score (nSPS) is 11.9. The predicted octanol–water partition coefficient (Wildman–Crippen LogP) is 12.4. The second kappa shape index (κ2) is 11.0. The monoisotopic (exact) mass is 668 g/mol. The molecule has 0 radical (unpaired) electrons. The van der Waals surface area contributed by atoms with Gasteiger partial charge in [-0.3, -0.25) is 0 Å². The first-order valence-corrected chi connectivity index (χ1v) is 18.0. The molecule has 238 valence electrons. The van der Waals surface area contributed by atoms with Gasteiger partial charge in [0.1, 0.15) is 0 Å². The summed E-state index contributed by atoms with van der Waals surface area (Å²) in [7, 11) is 0. The molecule has 0 fully saturated rings. The number of fused-ring (bicyclic) bond motifs is 10. The van der Waals surface area contributed by atoms with E-state index in [-0.39, 0.29) is 0 Å². The lowest BCUT2D eigenvalue weighted by Gasteiger charge is -2.13. The second-order valence-corrected chi connectivity index (χ2v) is 14.0. The predicted molar refractivity (Wildman–Crippen MR) is 214 cm³/mol.